The first-order chi connectivity index (χ1) is 10.0. The van der Waals surface area contributed by atoms with E-state index in [0.29, 0.717) is 15.8 Å². The zero-order valence-corrected chi connectivity index (χ0v) is 14.1. The highest BCUT2D eigenvalue weighted by atomic mass is 79.9. The van der Waals surface area contributed by atoms with Gasteiger partial charge in [-0.2, -0.15) is 5.10 Å². The number of nitrogens with zero attached hydrogens (tertiary/aromatic N) is 2. The van der Waals surface area contributed by atoms with Crippen LogP contribution in [-0.4, -0.2) is 23.9 Å². The van der Waals surface area contributed by atoms with E-state index in [1.165, 1.54) is 6.07 Å². The van der Waals surface area contributed by atoms with Crippen LogP contribution < -0.4 is 10.1 Å². The molecule has 6 heteroatoms. The van der Waals surface area contributed by atoms with E-state index in [9.17, 15) is 4.39 Å². The summed E-state index contributed by atoms with van der Waals surface area (Å²) in [6, 6.07) is 4.73. The Bertz CT molecular complexity index is 607. The third-order valence-electron chi connectivity index (χ3n) is 3.36. The van der Waals surface area contributed by atoms with Gasteiger partial charge in [0.25, 0.3) is 0 Å². The molecule has 0 aliphatic carbocycles. The Morgan fingerprint density at radius 2 is 2.10 bits per heavy atom. The Morgan fingerprint density at radius 1 is 1.38 bits per heavy atom. The lowest BCUT2D eigenvalue weighted by atomic mass is 10.0. The monoisotopic (exact) mass is 355 g/mol. The predicted octanol–water partition coefficient (Wildman–Crippen LogP) is 3.68. The smallest absolute Gasteiger partial charge is 0.161 e. The first-order valence-electron chi connectivity index (χ1n) is 6.73. The topological polar surface area (TPSA) is 39.1 Å². The first-order valence-corrected chi connectivity index (χ1v) is 7.53. The van der Waals surface area contributed by atoms with Crippen LogP contribution in [0.3, 0.4) is 0 Å². The minimum Gasteiger partial charge on any atom is -0.493 e. The van der Waals surface area contributed by atoms with Crippen molar-refractivity contribution in [2.75, 3.05) is 14.2 Å². The molecular weight excluding hydrogens is 337 g/mol. The van der Waals surface area contributed by atoms with Crippen LogP contribution in [0.5, 0.6) is 5.75 Å². The van der Waals surface area contributed by atoms with Crippen molar-refractivity contribution in [1.82, 2.24) is 15.1 Å². The third kappa shape index (κ3) is 2.96. The zero-order chi connectivity index (χ0) is 15.6. The Kier molecular flexibility index (Phi) is 5.00. The Labute approximate surface area is 132 Å². The van der Waals surface area contributed by atoms with Crippen LogP contribution in [0.15, 0.2) is 28.9 Å². The summed E-state index contributed by atoms with van der Waals surface area (Å²) in [5.41, 5.74) is 1.35. The van der Waals surface area contributed by atoms with E-state index in [2.05, 4.69) is 26.3 Å². The number of hydrogen-bond acceptors (Lipinski definition) is 3. The molecule has 0 aliphatic heterocycles. The summed E-state index contributed by atoms with van der Waals surface area (Å²) in [6.45, 7) is 4.05. The van der Waals surface area contributed by atoms with Gasteiger partial charge >= 0.3 is 0 Å². The average Bonchev–Trinajstić information content (AvgIpc) is 2.86. The van der Waals surface area contributed by atoms with E-state index in [-0.39, 0.29) is 17.9 Å². The second-order valence-corrected chi connectivity index (χ2v) is 5.85. The van der Waals surface area contributed by atoms with E-state index >= 15 is 0 Å². The van der Waals surface area contributed by atoms with Crippen LogP contribution in [0, 0.1) is 5.82 Å². The van der Waals surface area contributed by atoms with Gasteiger partial charge in [0.1, 0.15) is 11.5 Å². The highest BCUT2D eigenvalue weighted by molar-refractivity contribution is 9.10. The molecule has 0 fully saturated rings. The summed E-state index contributed by atoms with van der Waals surface area (Å²) < 4.78 is 22.3. The molecule has 0 amide bonds. The standard InChI is InChI=1S/C15H19BrFN3O/c1-9(2)20-15(12(21-4)8-19-20)14(18-3)13-10(16)6-5-7-11(13)17/h5-9,14,18H,1-4H3. The van der Waals surface area contributed by atoms with Crippen LogP contribution in [0.25, 0.3) is 0 Å². The molecule has 1 unspecified atom stereocenters. The van der Waals surface area contributed by atoms with Gasteiger partial charge < -0.3 is 10.1 Å². The van der Waals surface area contributed by atoms with Gasteiger partial charge in [-0.25, -0.2) is 4.39 Å². The summed E-state index contributed by atoms with van der Waals surface area (Å²) >= 11 is 3.43. The van der Waals surface area contributed by atoms with Crippen LogP contribution in [0.2, 0.25) is 0 Å². The van der Waals surface area contributed by atoms with E-state index in [4.69, 9.17) is 4.74 Å². The van der Waals surface area contributed by atoms with Gasteiger partial charge in [0.15, 0.2) is 5.75 Å². The maximum atomic E-state index is 14.3. The second kappa shape index (κ2) is 6.58. The average molecular weight is 356 g/mol. The van der Waals surface area contributed by atoms with E-state index in [1.54, 1.807) is 26.4 Å². The van der Waals surface area contributed by atoms with Crippen molar-refractivity contribution in [3.05, 3.63) is 45.9 Å². The van der Waals surface area contributed by atoms with Crippen molar-refractivity contribution >= 4 is 15.9 Å². The van der Waals surface area contributed by atoms with Crippen molar-refractivity contribution in [3.8, 4) is 5.75 Å². The lowest BCUT2D eigenvalue weighted by Gasteiger charge is -2.22. The molecule has 1 heterocycles. The number of methoxy groups -OCH3 is 1. The SMILES string of the molecule is CNC(c1c(F)cccc1Br)c1c(OC)cnn1C(C)C. The molecule has 4 nitrogen and oxygen atoms in total. The van der Waals surface area contributed by atoms with Crippen molar-refractivity contribution < 1.29 is 9.13 Å². The maximum Gasteiger partial charge on any atom is 0.161 e. The minimum absolute atomic E-state index is 0.144. The van der Waals surface area contributed by atoms with Crippen molar-refractivity contribution in [1.29, 1.82) is 0 Å². The van der Waals surface area contributed by atoms with Gasteiger partial charge in [-0.1, -0.05) is 22.0 Å². The number of hydrogen-bond donors (Lipinski definition) is 1. The second-order valence-electron chi connectivity index (χ2n) is 4.99. The van der Waals surface area contributed by atoms with E-state index < -0.39 is 0 Å². The molecule has 2 aromatic rings. The highest BCUT2D eigenvalue weighted by Gasteiger charge is 2.27. The quantitative estimate of drug-likeness (QED) is 0.888. The fraction of sp³-hybridized carbons (Fsp3) is 0.400. The molecule has 0 aliphatic rings. The lowest BCUT2D eigenvalue weighted by Crippen LogP contribution is -2.24. The Balaban J connectivity index is 2.64. The van der Waals surface area contributed by atoms with Gasteiger partial charge in [-0.05, 0) is 33.0 Å². The van der Waals surface area contributed by atoms with Crippen molar-refractivity contribution in [2.24, 2.45) is 0 Å². The van der Waals surface area contributed by atoms with Gasteiger partial charge in [0.05, 0.1) is 19.3 Å². The minimum atomic E-state index is -0.361. The number of halogens is 2. The fourth-order valence-corrected chi connectivity index (χ4v) is 2.97. The number of ether oxygens (including phenoxy) is 1. The van der Waals surface area contributed by atoms with Crippen molar-refractivity contribution in [2.45, 2.75) is 25.9 Å². The van der Waals surface area contributed by atoms with Gasteiger partial charge in [0.2, 0.25) is 0 Å². The molecule has 0 saturated carbocycles. The molecule has 1 N–H and O–H groups in total. The predicted molar refractivity (Wildman–Crippen MR) is 84.2 cm³/mol. The fourth-order valence-electron chi connectivity index (χ4n) is 2.40. The molecule has 0 saturated heterocycles. The maximum absolute atomic E-state index is 14.3. The largest absolute Gasteiger partial charge is 0.493 e. The van der Waals surface area contributed by atoms with Gasteiger partial charge in [0, 0.05) is 16.1 Å². The summed E-state index contributed by atoms with van der Waals surface area (Å²) in [5, 5.41) is 7.52. The van der Waals surface area contributed by atoms with Crippen LogP contribution >= 0.6 is 15.9 Å². The van der Waals surface area contributed by atoms with Crippen molar-refractivity contribution in [3.63, 3.8) is 0 Å². The lowest BCUT2D eigenvalue weighted by molar-refractivity contribution is 0.394. The van der Waals surface area contributed by atoms with Crippen LogP contribution in [0.1, 0.15) is 37.2 Å². The van der Waals surface area contributed by atoms with Gasteiger partial charge in [-0.3, -0.25) is 4.68 Å². The van der Waals surface area contributed by atoms with Gasteiger partial charge in [-0.15, -0.1) is 0 Å². The summed E-state index contributed by atoms with van der Waals surface area (Å²) in [4.78, 5) is 0. The Hall–Kier alpha value is -1.40. The molecular formula is C15H19BrFN3O. The summed E-state index contributed by atoms with van der Waals surface area (Å²) in [7, 11) is 3.38. The molecule has 114 valence electrons. The summed E-state index contributed by atoms with van der Waals surface area (Å²) in [5.74, 6) is 0.362. The number of nitrogens with one attached hydrogen (secondary N) is 1. The van der Waals surface area contributed by atoms with Crippen LogP contribution in [-0.2, 0) is 0 Å². The molecule has 0 spiro atoms. The Morgan fingerprint density at radius 3 is 2.62 bits per heavy atom. The molecule has 1 atom stereocenters. The van der Waals surface area contributed by atoms with Crippen LogP contribution in [0.4, 0.5) is 4.39 Å². The molecule has 1 aromatic carbocycles. The summed E-state index contributed by atoms with van der Waals surface area (Å²) in [6.07, 6.45) is 1.66. The molecule has 0 radical (unpaired) electrons. The van der Waals surface area contributed by atoms with E-state index in [0.717, 1.165) is 5.69 Å². The number of benzene rings is 1. The zero-order valence-electron chi connectivity index (χ0n) is 12.5. The highest BCUT2D eigenvalue weighted by Crippen LogP contribution is 2.36. The number of aromatic nitrogens is 2. The third-order valence-corrected chi connectivity index (χ3v) is 4.05. The molecule has 2 rings (SSSR count). The molecule has 0 bridgehead atoms. The number of rotatable bonds is 5. The normalized spacial score (nSPS) is 12.7. The first kappa shape index (κ1) is 16.0. The van der Waals surface area contributed by atoms with E-state index in [1.807, 2.05) is 24.6 Å². The molecule has 21 heavy (non-hydrogen) atoms. The molecule has 1 aromatic heterocycles.